The molecule has 0 radical (unpaired) electrons. The molecule has 0 bridgehead atoms. The number of hydrogen-bond acceptors (Lipinski definition) is 5. The van der Waals surface area contributed by atoms with E-state index in [1.54, 1.807) is 18.3 Å². The lowest BCUT2D eigenvalue weighted by Crippen LogP contribution is -2.12. The molecule has 24 heavy (non-hydrogen) atoms. The highest BCUT2D eigenvalue weighted by Crippen LogP contribution is 2.22. The average molecular weight is 389 g/mol. The van der Waals surface area contributed by atoms with Gasteiger partial charge in [0.05, 0.1) is 12.1 Å². The summed E-state index contributed by atoms with van der Waals surface area (Å²) in [6, 6.07) is 5.36. The molecule has 124 valence electrons. The zero-order chi connectivity index (χ0) is 17.3. The van der Waals surface area contributed by atoms with Gasteiger partial charge in [0.15, 0.2) is 11.4 Å². The van der Waals surface area contributed by atoms with E-state index in [-0.39, 0.29) is 12.4 Å². The van der Waals surface area contributed by atoms with E-state index in [1.807, 2.05) is 31.4 Å². The number of aromatic nitrogens is 4. The Bertz CT molecular complexity index is 920. The molecule has 0 N–H and O–H groups in total. The molecule has 3 rings (SSSR count). The summed E-state index contributed by atoms with van der Waals surface area (Å²) in [6.45, 7) is 5.88. The monoisotopic (exact) mass is 388 g/mol. The number of hydrogen-bond donors (Lipinski definition) is 0. The van der Waals surface area contributed by atoms with Gasteiger partial charge in [0.25, 0.3) is 0 Å². The minimum Gasteiger partial charge on any atom is -0.424 e. The van der Waals surface area contributed by atoms with Crippen LogP contribution in [0.1, 0.15) is 29.1 Å². The van der Waals surface area contributed by atoms with Crippen molar-refractivity contribution >= 4 is 27.5 Å². The number of rotatable bonds is 4. The van der Waals surface area contributed by atoms with Crippen molar-refractivity contribution in [2.75, 3.05) is 0 Å². The van der Waals surface area contributed by atoms with Crippen molar-refractivity contribution in [1.29, 1.82) is 0 Å². The van der Waals surface area contributed by atoms with Crippen molar-refractivity contribution in [2.45, 2.75) is 33.6 Å². The third-order valence-electron chi connectivity index (χ3n) is 3.81. The minimum absolute atomic E-state index is 0.260. The molecule has 0 fully saturated rings. The summed E-state index contributed by atoms with van der Waals surface area (Å²) in [5.41, 5.74) is 4.68. The topological polar surface area (TPSA) is 69.4 Å². The van der Waals surface area contributed by atoms with Crippen molar-refractivity contribution in [1.82, 2.24) is 19.6 Å². The maximum atomic E-state index is 12.1. The van der Waals surface area contributed by atoms with Crippen molar-refractivity contribution in [3.05, 3.63) is 51.6 Å². The summed E-state index contributed by atoms with van der Waals surface area (Å²) in [6.07, 6.45) is 2.44. The summed E-state index contributed by atoms with van der Waals surface area (Å²) < 4.78 is 7.68. The predicted octanol–water partition coefficient (Wildman–Crippen LogP) is 3.35. The number of ether oxygens (including phenoxy) is 1. The molecule has 0 amide bonds. The van der Waals surface area contributed by atoms with Crippen LogP contribution < -0.4 is 4.74 Å². The summed E-state index contributed by atoms with van der Waals surface area (Å²) in [7, 11) is 0. The van der Waals surface area contributed by atoms with Gasteiger partial charge in [0.1, 0.15) is 4.60 Å². The molecule has 0 saturated heterocycles. The molecule has 3 aromatic rings. The molecule has 7 heteroatoms. The lowest BCUT2D eigenvalue weighted by Gasteiger charge is -2.11. The van der Waals surface area contributed by atoms with E-state index in [4.69, 9.17) is 4.74 Å². The number of fused-ring (bicyclic) bond motifs is 1. The standard InChI is InChI=1S/C17H17BrN4O2/c1-10-9-15-20-11(2)13(12(3)22(15)21-10)6-7-16(23)24-14-5-4-8-19-17(14)18/h4-5,8-9H,6-7H2,1-3H3. The third kappa shape index (κ3) is 3.31. The fraction of sp³-hybridized carbons (Fsp3) is 0.294. The molecule has 0 aliphatic rings. The van der Waals surface area contributed by atoms with Gasteiger partial charge in [-0.15, -0.1) is 0 Å². The van der Waals surface area contributed by atoms with Gasteiger partial charge < -0.3 is 4.74 Å². The summed E-state index contributed by atoms with van der Waals surface area (Å²) in [5.74, 6) is 0.117. The molecule has 0 atom stereocenters. The maximum absolute atomic E-state index is 12.1. The van der Waals surface area contributed by atoms with Crippen LogP contribution in [0, 0.1) is 20.8 Å². The molecule has 0 saturated carbocycles. The van der Waals surface area contributed by atoms with Crippen molar-refractivity contribution in [3.63, 3.8) is 0 Å². The predicted molar refractivity (Wildman–Crippen MR) is 93.1 cm³/mol. The van der Waals surface area contributed by atoms with Crippen LogP contribution in [0.2, 0.25) is 0 Å². The highest BCUT2D eigenvalue weighted by atomic mass is 79.9. The van der Waals surface area contributed by atoms with Crippen LogP contribution in [0.4, 0.5) is 0 Å². The normalized spacial score (nSPS) is 11.0. The zero-order valence-corrected chi connectivity index (χ0v) is 15.3. The largest absolute Gasteiger partial charge is 0.424 e. The van der Waals surface area contributed by atoms with Gasteiger partial charge in [0.2, 0.25) is 0 Å². The second kappa shape index (κ2) is 6.68. The molecule has 0 aliphatic carbocycles. The zero-order valence-electron chi connectivity index (χ0n) is 13.7. The number of carbonyl (C=O) groups excluding carboxylic acids is 1. The molecule has 6 nitrogen and oxygen atoms in total. The summed E-state index contributed by atoms with van der Waals surface area (Å²) in [4.78, 5) is 20.7. The van der Waals surface area contributed by atoms with Crippen LogP contribution in [0.25, 0.3) is 5.65 Å². The molecule has 0 aromatic carbocycles. The van der Waals surface area contributed by atoms with E-state index in [9.17, 15) is 4.79 Å². The SMILES string of the molecule is Cc1cc2nc(C)c(CCC(=O)Oc3cccnc3Br)c(C)n2n1. The first-order valence-electron chi connectivity index (χ1n) is 7.59. The first kappa shape index (κ1) is 16.6. The maximum Gasteiger partial charge on any atom is 0.311 e. The number of halogens is 1. The van der Waals surface area contributed by atoms with Gasteiger partial charge in [-0.25, -0.2) is 14.5 Å². The Morgan fingerprint density at radius 2 is 2.12 bits per heavy atom. The van der Waals surface area contributed by atoms with E-state index < -0.39 is 0 Å². The quantitative estimate of drug-likeness (QED) is 0.506. The number of esters is 1. The van der Waals surface area contributed by atoms with Gasteiger partial charge in [-0.3, -0.25) is 4.79 Å². The van der Waals surface area contributed by atoms with Gasteiger partial charge in [-0.05, 0) is 60.8 Å². The van der Waals surface area contributed by atoms with Gasteiger partial charge >= 0.3 is 5.97 Å². The van der Waals surface area contributed by atoms with E-state index in [0.717, 1.165) is 28.3 Å². The first-order valence-corrected chi connectivity index (χ1v) is 8.38. The minimum atomic E-state index is -0.306. The van der Waals surface area contributed by atoms with Crippen molar-refractivity contribution in [2.24, 2.45) is 0 Å². The van der Waals surface area contributed by atoms with Crippen LogP contribution >= 0.6 is 15.9 Å². The van der Waals surface area contributed by atoms with Crippen LogP contribution in [-0.4, -0.2) is 25.6 Å². The van der Waals surface area contributed by atoms with Crippen molar-refractivity contribution < 1.29 is 9.53 Å². The second-order valence-corrected chi connectivity index (χ2v) is 6.33. The van der Waals surface area contributed by atoms with Crippen LogP contribution in [0.3, 0.4) is 0 Å². The number of aryl methyl sites for hydroxylation is 3. The van der Waals surface area contributed by atoms with Crippen LogP contribution in [0.5, 0.6) is 5.75 Å². The lowest BCUT2D eigenvalue weighted by atomic mass is 10.1. The highest BCUT2D eigenvalue weighted by molar-refractivity contribution is 9.10. The molecule has 0 spiro atoms. The highest BCUT2D eigenvalue weighted by Gasteiger charge is 2.14. The van der Waals surface area contributed by atoms with Crippen LogP contribution in [-0.2, 0) is 11.2 Å². The molecule has 3 aromatic heterocycles. The Hall–Kier alpha value is -2.28. The summed E-state index contributed by atoms with van der Waals surface area (Å²) >= 11 is 3.26. The van der Waals surface area contributed by atoms with E-state index in [0.29, 0.717) is 16.8 Å². The van der Waals surface area contributed by atoms with Crippen LogP contribution in [0.15, 0.2) is 29.0 Å². The third-order valence-corrected chi connectivity index (χ3v) is 4.41. The number of carbonyl (C=O) groups is 1. The van der Waals surface area contributed by atoms with Gasteiger partial charge in [0, 0.05) is 23.7 Å². The van der Waals surface area contributed by atoms with E-state index in [2.05, 4.69) is 31.0 Å². The molecular weight excluding hydrogens is 372 g/mol. The lowest BCUT2D eigenvalue weighted by molar-refractivity contribution is -0.134. The van der Waals surface area contributed by atoms with Gasteiger partial charge in [-0.1, -0.05) is 0 Å². The Morgan fingerprint density at radius 3 is 2.88 bits per heavy atom. The first-order chi connectivity index (χ1) is 11.5. The van der Waals surface area contributed by atoms with Gasteiger partial charge in [-0.2, -0.15) is 5.10 Å². The second-order valence-electron chi connectivity index (χ2n) is 5.58. The molecule has 0 aliphatic heterocycles. The number of nitrogens with zero attached hydrogens (tertiary/aromatic N) is 4. The Labute approximate surface area is 148 Å². The fourth-order valence-electron chi connectivity index (χ4n) is 2.65. The molecular formula is C17H17BrN4O2. The molecule has 3 heterocycles. The Morgan fingerprint density at radius 1 is 1.33 bits per heavy atom. The molecule has 0 unspecified atom stereocenters. The van der Waals surface area contributed by atoms with E-state index in [1.165, 1.54) is 0 Å². The number of pyridine rings is 1. The van der Waals surface area contributed by atoms with Crippen molar-refractivity contribution in [3.8, 4) is 5.75 Å². The Balaban J connectivity index is 1.76. The fourth-order valence-corrected chi connectivity index (χ4v) is 2.98. The smallest absolute Gasteiger partial charge is 0.311 e. The average Bonchev–Trinajstić information content (AvgIpc) is 2.90. The summed E-state index contributed by atoms with van der Waals surface area (Å²) in [5, 5.41) is 4.44. The van der Waals surface area contributed by atoms with E-state index >= 15 is 0 Å². The Kier molecular flexibility index (Phi) is 4.62.